The van der Waals surface area contributed by atoms with Crippen LogP contribution in [0.1, 0.15) is 15.9 Å². The van der Waals surface area contributed by atoms with Gasteiger partial charge in [0, 0.05) is 26.3 Å². The number of carbonyl (C=O) groups is 1. The first-order chi connectivity index (χ1) is 8.74. The molecule has 0 aromatic heterocycles. The van der Waals surface area contributed by atoms with E-state index < -0.39 is 10.0 Å². The van der Waals surface area contributed by atoms with Crippen LogP contribution in [0.5, 0.6) is 0 Å². The van der Waals surface area contributed by atoms with Gasteiger partial charge in [-0.15, -0.1) is 0 Å². The number of nitrogens with zero attached hydrogens (tertiary/aromatic N) is 1. The number of nitrogens with one attached hydrogen (secondary N) is 1. The molecular weight excluding hydrogens is 266 g/mol. The van der Waals surface area contributed by atoms with Gasteiger partial charge in [-0.1, -0.05) is 11.6 Å². The first-order valence-electron chi connectivity index (χ1n) is 5.78. The lowest BCUT2D eigenvalue weighted by atomic mass is 10.1. The summed E-state index contributed by atoms with van der Waals surface area (Å²) in [5.41, 5.74) is 7.36. The van der Waals surface area contributed by atoms with Gasteiger partial charge in [-0.25, -0.2) is 12.7 Å². The second-order valence-electron chi connectivity index (χ2n) is 4.45. The summed E-state index contributed by atoms with van der Waals surface area (Å²) in [6, 6.07) is 5.13. The Hall–Kier alpha value is -1.60. The molecule has 6 nitrogen and oxygen atoms in total. The standard InChI is InChI=1S/C12H19N3O3S/c1-9-4-5-11(13)10(8-9)12(16)14-6-7-19(17,18)15(2)3/h4-5,8H,6-7,13H2,1-3H3,(H,14,16). The van der Waals surface area contributed by atoms with Crippen molar-refractivity contribution in [1.29, 1.82) is 0 Å². The van der Waals surface area contributed by atoms with Crippen LogP contribution in [0.2, 0.25) is 0 Å². The molecule has 1 aromatic carbocycles. The Bertz CT molecular complexity index is 568. The van der Waals surface area contributed by atoms with Crippen molar-refractivity contribution >= 4 is 21.6 Å². The minimum Gasteiger partial charge on any atom is -0.398 e. The first kappa shape index (κ1) is 15.5. The fourth-order valence-corrected chi connectivity index (χ4v) is 2.16. The predicted octanol–water partition coefficient (Wildman–Crippen LogP) is 0.198. The summed E-state index contributed by atoms with van der Waals surface area (Å²) in [4.78, 5) is 11.9. The molecule has 19 heavy (non-hydrogen) atoms. The highest BCUT2D eigenvalue weighted by atomic mass is 32.2. The fourth-order valence-electron chi connectivity index (χ4n) is 1.44. The summed E-state index contributed by atoms with van der Waals surface area (Å²) in [6.07, 6.45) is 0. The Morgan fingerprint density at radius 1 is 1.37 bits per heavy atom. The van der Waals surface area contributed by atoms with Crippen LogP contribution in [0, 0.1) is 6.92 Å². The number of rotatable bonds is 5. The van der Waals surface area contributed by atoms with Crippen LogP contribution in [0.3, 0.4) is 0 Å². The van der Waals surface area contributed by atoms with Gasteiger partial charge in [0.15, 0.2) is 0 Å². The number of carbonyl (C=O) groups excluding carboxylic acids is 1. The summed E-state index contributed by atoms with van der Waals surface area (Å²) >= 11 is 0. The molecule has 0 radical (unpaired) electrons. The molecule has 0 unspecified atom stereocenters. The van der Waals surface area contributed by atoms with E-state index in [-0.39, 0.29) is 18.2 Å². The van der Waals surface area contributed by atoms with E-state index in [0.717, 1.165) is 9.87 Å². The zero-order valence-electron chi connectivity index (χ0n) is 11.3. The lowest BCUT2D eigenvalue weighted by molar-refractivity contribution is 0.0957. The molecule has 0 heterocycles. The van der Waals surface area contributed by atoms with Gasteiger partial charge in [-0.05, 0) is 19.1 Å². The molecule has 3 N–H and O–H groups in total. The molecule has 0 bridgehead atoms. The Kier molecular flexibility index (Phi) is 4.90. The topological polar surface area (TPSA) is 92.5 Å². The smallest absolute Gasteiger partial charge is 0.253 e. The molecule has 1 rings (SSSR count). The van der Waals surface area contributed by atoms with Gasteiger partial charge < -0.3 is 11.1 Å². The molecular formula is C12H19N3O3S. The van der Waals surface area contributed by atoms with Crippen molar-refractivity contribution in [2.75, 3.05) is 32.1 Å². The Labute approximate surface area is 113 Å². The maximum Gasteiger partial charge on any atom is 0.253 e. The number of nitrogens with two attached hydrogens (primary N) is 1. The first-order valence-corrected chi connectivity index (χ1v) is 7.39. The van der Waals surface area contributed by atoms with Crippen LogP contribution in [-0.2, 0) is 10.0 Å². The van der Waals surface area contributed by atoms with E-state index >= 15 is 0 Å². The number of nitrogen functional groups attached to an aromatic ring is 1. The summed E-state index contributed by atoms with van der Waals surface area (Å²) in [6.45, 7) is 1.90. The van der Waals surface area contributed by atoms with E-state index in [9.17, 15) is 13.2 Å². The molecule has 7 heteroatoms. The van der Waals surface area contributed by atoms with Crippen molar-refractivity contribution in [2.24, 2.45) is 0 Å². The van der Waals surface area contributed by atoms with E-state index in [4.69, 9.17) is 5.73 Å². The van der Waals surface area contributed by atoms with Crippen molar-refractivity contribution in [3.8, 4) is 0 Å². The summed E-state index contributed by atoms with van der Waals surface area (Å²) < 4.78 is 24.2. The molecule has 0 saturated heterocycles. The minimum absolute atomic E-state index is 0.0483. The van der Waals surface area contributed by atoms with E-state index in [1.165, 1.54) is 14.1 Å². The Morgan fingerprint density at radius 2 is 2.00 bits per heavy atom. The molecule has 0 aliphatic rings. The van der Waals surface area contributed by atoms with Crippen LogP contribution in [0.25, 0.3) is 0 Å². The van der Waals surface area contributed by atoms with Crippen molar-refractivity contribution in [3.05, 3.63) is 29.3 Å². The molecule has 0 aliphatic heterocycles. The number of aryl methyl sites for hydroxylation is 1. The molecule has 0 atom stereocenters. The second kappa shape index (κ2) is 6.03. The van der Waals surface area contributed by atoms with Gasteiger partial charge in [0.2, 0.25) is 10.0 Å². The third-order valence-electron chi connectivity index (χ3n) is 2.66. The monoisotopic (exact) mass is 285 g/mol. The molecule has 1 aromatic rings. The highest BCUT2D eigenvalue weighted by molar-refractivity contribution is 7.89. The van der Waals surface area contributed by atoms with Crippen molar-refractivity contribution in [1.82, 2.24) is 9.62 Å². The molecule has 0 spiro atoms. The van der Waals surface area contributed by atoms with E-state index in [1.807, 2.05) is 13.0 Å². The summed E-state index contributed by atoms with van der Waals surface area (Å²) in [5, 5.41) is 2.55. The molecule has 0 aliphatic carbocycles. The van der Waals surface area contributed by atoms with E-state index in [2.05, 4.69) is 5.32 Å². The number of sulfonamides is 1. The van der Waals surface area contributed by atoms with Gasteiger partial charge >= 0.3 is 0 Å². The van der Waals surface area contributed by atoms with Crippen LogP contribution in [0.15, 0.2) is 18.2 Å². The normalized spacial score (nSPS) is 11.6. The predicted molar refractivity (Wildman–Crippen MR) is 75.4 cm³/mol. The maximum atomic E-state index is 11.9. The molecule has 106 valence electrons. The average Bonchev–Trinajstić information content (AvgIpc) is 2.31. The number of anilines is 1. The number of benzene rings is 1. The van der Waals surface area contributed by atoms with Gasteiger partial charge in [0.25, 0.3) is 5.91 Å². The third-order valence-corrected chi connectivity index (χ3v) is 4.49. The summed E-state index contributed by atoms with van der Waals surface area (Å²) in [7, 11) is -0.399. The van der Waals surface area contributed by atoms with Crippen molar-refractivity contribution < 1.29 is 13.2 Å². The van der Waals surface area contributed by atoms with Crippen molar-refractivity contribution in [2.45, 2.75) is 6.92 Å². The number of hydrogen-bond acceptors (Lipinski definition) is 4. The lowest BCUT2D eigenvalue weighted by Gasteiger charge is -2.12. The summed E-state index contributed by atoms with van der Waals surface area (Å²) in [5.74, 6) is -0.507. The van der Waals surface area contributed by atoms with Crippen LogP contribution in [0.4, 0.5) is 5.69 Å². The molecule has 0 saturated carbocycles. The third kappa shape index (κ3) is 4.22. The van der Waals surface area contributed by atoms with E-state index in [1.54, 1.807) is 12.1 Å². The second-order valence-corrected chi connectivity index (χ2v) is 6.75. The zero-order valence-corrected chi connectivity index (χ0v) is 12.1. The fraction of sp³-hybridized carbons (Fsp3) is 0.417. The number of amides is 1. The van der Waals surface area contributed by atoms with Gasteiger partial charge in [0.05, 0.1) is 11.3 Å². The SMILES string of the molecule is Cc1ccc(N)c(C(=O)NCCS(=O)(=O)N(C)C)c1. The molecule has 1 amide bonds. The minimum atomic E-state index is -3.31. The van der Waals surface area contributed by atoms with Crippen LogP contribution in [-0.4, -0.2) is 45.0 Å². The number of hydrogen-bond donors (Lipinski definition) is 2. The lowest BCUT2D eigenvalue weighted by Crippen LogP contribution is -2.34. The van der Waals surface area contributed by atoms with Gasteiger partial charge in [-0.2, -0.15) is 0 Å². The Balaban J connectivity index is 2.64. The Morgan fingerprint density at radius 3 is 2.58 bits per heavy atom. The highest BCUT2D eigenvalue weighted by Crippen LogP contribution is 2.13. The van der Waals surface area contributed by atoms with Gasteiger partial charge in [0.1, 0.15) is 0 Å². The largest absolute Gasteiger partial charge is 0.398 e. The average molecular weight is 285 g/mol. The van der Waals surface area contributed by atoms with Crippen LogP contribution >= 0.6 is 0 Å². The van der Waals surface area contributed by atoms with Crippen molar-refractivity contribution in [3.63, 3.8) is 0 Å². The highest BCUT2D eigenvalue weighted by Gasteiger charge is 2.15. The van der Waals surface area contributed by atoms with E-state index in [0.29, 0.717) is 11.3 Å². The quantitative estimate of drug-likeness (QED) is 0.756. The maximum absolute atomic E-state index is 11.9. The zero-order chi connectivity index (χ0) is 14.6. The molecule has 0 fully saturated rings. The van der Waals surface area contributed by atoms with Gasteiger partial charge in [-0.3, -0.25) is 4.79 Å². The van der Waals surface area contributed by atoms with Crippen LogP contribution < -0.4 is 11.1 Å².